The van der Waals surface area contributed by atoms with Crippen molar-refractivity contribution in [1.29, 1.82) is 0 Å². The van der Waals surface area contributed by atoms with Gasteiger partial charge in [0.25, 0.3) is 5.89 Å². The Labute approximate surface area is 121 Å². The summed E-state index contributed by atoms with van der Waals surface area (Å²) in [5.74, 6) is -0.345. The molecule has 0 bridgehead atoms. The molecule has 1 saturated heterocycles. The van der Waals surface area contributed by atoms with Crippen LogP contribution in [0.3, 0.4) is 0 Å². The average Bonchev–Trinajstić information content (AvgIpc) is 2.88. The minimum Gasteiger partial charge on any atom is -0.388 e. The van der Waals surface area contributed by atoms with E-state index in [-0.39, 0.29) is 11.5 Å². The molecule has 1 aliphatic heterocycles. The highest BCUT2D eigenvalue weighted by atomic mass is 19.1. The third-order valence-corrected chi connectivity index (χ3v) is 3.98. The summed E-state index contributed by atoms with van der Waals surface area (Å²) in [7, 11) is 0. The summed E-state index contributed by atoms with van der Waals surface area (Å²) in [6, 6.07) is 4.95. The van der Waals surface area contributed by atoms with Crippen LogP contribution in [0.15, 0.2) is 27.4 Å². The lowest BCUT2D eigenvalue weighted by atomic mass is 9.99. The molecule has 0 radical (unpaired) electrons. The molecular weight excluding hydrogens is 273 g/mol. The van der Waals surface area contributed by atoms with Crippen LogP contribution in [0.1, 0.15) is 25.3 Å². The van der Waals surface area contributed by atoms with E-state index in [9.17, 15) is 9.18 Å². The highest BCUT2D eigenvalue weighted by Crippen LogP contribution is 2.23. The normalized spacial score (nSPS) is 17.2. The van der Waals surface area contributed by atoms with Crippen LogP contribution in [0.4, 0.5) is 4.39 Å². The van der Waals surface area contributed by atoms with Crippen molar-refractivity contribution >= 4 is 0 Å². The number of hydrogen-bond donors (Lipinski definition) is 1. The molecule has 112 valence electrons. The van der Waals surface area contributed by atoms with Crippen molar-refractivity contribution in [2.24, 2.45) is 5.92 Å². The Morgan fingerprint density at radius 2 is 2.19 bits per heavy atom. The van der Waals surface area contributed by atoms with Gasteiger partial charge in [-0.3, -0.25) is 4.90 Å². The summed E-state index contributed by atoms with van der Waals surface area (Å²) >= 11 is 0. The number of halogens is 1. The Hall–Kier alpha value is -1.95. The predicted molar refractivity (Wildman–Crippen MR) is 76.2 cm³/mol. The van der Waals surface area contributed by atoms with Crippen molar-refractivity contribution in [3.05, 3.63) is 40.1 Å². The van der Waals surface area contributed by atoms with Crippen molar-refractivity contribution in [3.8, 4) is 11.5 Å². The number of hydrogen-bond acceptors (Lipinski definition) is 4. The summed E-state index contributed by atoms with van der Waals surface area (Å²) in [5.41, 5.74) is 1.12. The maximum absolute atomic E-state index is 14.1. The molecule has 21 heavy (non-hydrogen) atoms. The zero-order chi connectivity index (χ0) is 14.8. The van der Waals surface area contributed by atoms with Crippen LogP contribution in [0.2, 0.25) is 0 Å². The second kappa shape index (κ2) is 5.81. The molecule has 0 aliphatic carbocycles. The van der Waals surface area contributed by atoms with Crippen molar-refractivity contribution < 1.29 is 8.81 Å². The summed E-state index contributed by atoms with van der Waals surface area (Å²) in [6.07, 6.45) is 2.39. The molecule has 0 unspecified atom stereocenters. The molecule has 2 aromatic rings. The van der Waals surface area contributed by atoms with Gasteiger partial charge >= 0.3 is 5.76 Å². The molecule has 6 heteroatoms. The van der Waals surface area contributed by atoms with E-state index in [4.69, 9.17) is 4.42 Å². The van der Waals surface area contributed by atoms with Gasteiger partial charge < -0.3 is 4.42 Å². The van der Waals surface area contributed by atoms with Gasteiger partial charge in [-0.15, -0.1) is 5.10 Å². The minimum atomic E-state index is -0.684. The third-order valence-electron chi connectivity index (χ3n) is 3.98. The Kier molecular flexibility index (Phi) is 3.88. The number of piperidine rings is 1. The Bertz CT molecular complexity index is 672. The van der Waals surface area contributed by atoms with Crippen LogP contribution in [-0.4, -0.2) is 28.2 Å². The monoisotopic (exact) mass is 291 g/mol. The summed E-state index contributed by atoms with van der Waals surface area (Å²) in [6.45, 7) is 5.12. The highest BCUT2D eigenvalue weighted by Gasteiger charge is 2.17. The molecule has 0 saturated carbocycles. The van der Waals surface area contributed by atoms with Gasteiger partial charge in [0.15, 0.2) is 0 Å². The molecule has 0 spiro atoms. The van der Waals surface area contributed by atoms with Crippen LogP contribution in [0, 0.1) is 11.7 Å². The van der Waals surface area contributed by atoms with Gasteiger partial charge in [0.1, 0.15) is 5.82 Å². The number of H-pyrrole nitrogens is 1. The number of aromatic amines is 1. The van der Waals surface area contributed by atoms with Crippen molar-refractivity contribution in [2.45, 2.75) is 26.3 Å². The first-order chi connectivity index (χ1) is 10.1. The van der Waals surface area contributed by atoms with E-state index >= 15 is 0 Å². The number of rotatable bonds is 3. The van der Waals surface area contributed by atoms with Crippen molar-refractivity contribution in [1.82, 2.24) is 15.1 Å². The maximum Gasteiger partial charge on any atom is 0.434 e. The Balaban J connectivity index is 1.74. The molecule has 0 amide bonds. The van der Waals surface area contributed by atoms with Gasteiger partial charge in [-0.2, -0.15) is 0 Å². The Morgan fingerprint density at radius 1 is 1.43 bits per heavy atom. The predicted octanol–water partition coefficient (Wildman–Crippen LogP) is 2.40. The van der Waals surface area contributed by atoms with Gasteiger partial charge in [-0.1, -0.05) is 13.0 Å². The van der Waals surface area contributed by atoms with E-state index in [1.54, 1.807) is 6.07 Å². The molecule has 1 aliphatic rings. The lowest BCUT2D eigenvalue weighted by Gasteiger charge is -2.30. The third kappa shape index (κ3) is 3.21. The summed E-state index contributed by atoms with van der Waals surface area (Å²) in [4.78, 5) is 13.3. The van der Waals surface area contributed by atoms with Gasteiger partial charge in [-0.05, 0) is 49.5 Å². The first kappa shape index (κ1) is 14.0. The number of benzene rings is 1. The number of aromatic nitrogens is 2. The minimum absolute atomic E-state index is 0.0177. The lowest BCUT2D eigenvalue weighted by Crippen LogP contribution is -2.32. The van der Waals surface area contributed by atoms with Crippen LogP contribution in [0.25, 0.3) is 11.5 Å². The molecule has 1 N–H and O–H groups in total. The standard InChI is InChI=1S/C15H18FN3O2/c1-10-4-6-19(7-5-10)9-11-2-3-12(13(16)8-11)14-17-18-15(20)21-14/h2-3,8,10H,4-7,9H2,1H3,(H,18,20). The molecular formula is C15H18FN3O2. The van der Waals surface area contributed by atoms with Gasteiger partial charge in [-0.25, -0.2) is 14.3 Å². The lowest BCUT2D eigenvalue weighted by molar-refractivity contribution is 0.185. The molecule has 1 aromatic carbocycles. The first-order valence-electron chi connectivity index (χ1n) is 7.18. The van der Waals surface area contributed by atoms with Gasteiger partial charge in [0.2, 0.25) is 0 Å². The average molecular weight is 291 g/mol. The van der Waals surface area contributed by atoms with E-state index in [0.717, 1.165) is 31.1 Å². The quantitative estimate of drug-likeness (QED) is 0.943. The fourth-order valence-corrected chi connectivity index (χ4v) is 2.65. The fourth-order valence-electron chi connectivity index (χ4n) is 2.65. The summed E-state index contributed by atoms with van der Waals surface area (Å²) < 4.78 is 18.9. The zero-order valence-corrected chi connectivity index (χ0v) is 11.9. The van der Waals surface area contributed by atoms with E-state index < -0.39 is 11.6 Å². The van der Waals surface area contributed by atoms with E-state index in [2.05, 4.69) is 22.0 Å². The molecule has 3 rings (SSSR count). The second-order valence-corrected chi connectivity index (χ2v) is 5.69. The number of nitrogens with zero attached hydrogens (tertiary/aromatic N) is 2. The molecule has 1 aromatic heterocycles. The molecule has 0 atom stereocenters. The second-order valence-electron chi connectivity index (χ2n) is 5.69. The van der Waals surface area contributed by atoms with Crippen LogP contribution in [0.5, 0.6) is 0 Å². The maximum atomic E-state index is 14.1. The first-order valence-corrected chi connectivity index (χ1v) is 7.18. The zero-order valence-electron chi connectivity index (χ0n) is 11.9. The Morgan fingerprint density at radius 3 is 2.81 bits per heavy atom. The van der Waals surface area contributed by atoms with Crippen LogP contribution < -0.4 is 5.76 Å². The van der Waals surface area contributed by atoms with E-state index in [1.165, 1.54) is 18.9 Å². The summed E-state index contributed by atoms with van der Waals surface area (Å²) in [5, 5.41) is 5.78. The fraction of sp³-hybridized carbons (Fsp3) is 0.467. The van der Waals surface area contributed by atoms with Crippen LogP contribution in [-0.2, 0) is 6.54 Å². The number of likely N-dealkylation sites (tertiary alicyclic amines) is 1. The number of nitrogens with one attached hydrogen (secondary N) is 1. The topological polar surface area (TPSA) is 62.1 Å². The van der Waals surface area contributed by atoms with Crippen LogP contribution >= 0.6 is 0 Å². The van der Waals surface area contributed by atoms with Gasteiger partial charge in [0, 0.05) is 6.54 Å². The smallest absolute Gasteiger partial charge is 0.388 e. The molecule has 2 heterocycles. The van der Waals surface area contributed by atoms with Crippen molar-refractivity contribution in [3.63, 3.8) is 0 Å². The van der Waals surface area contributed by atoms with Crippen molar-refractivity contribution in [2.75, 3.05) is 13.1 Å². The molecule has 5 nitrogen and oxygen atoms in total. The largest absolute Gasteiger partial charge is 0.434 e. The molecule has 1 fully saturated rings. The SMILES string of the molecule is CC1CCN(Cc2ccc(-c3n[nH]c(=O)o3)c(F)c2)CC1. The van der Waals surface area contributed by atoms with E-state index in [0.29, 0.717) is 0 Å². The van der Waals surface area contributed by atoms with Gasteiger partial charge in [0.05, 0.1) is 5.56 Å². The van der Waals surface area contributed by atoms with E-state index in [1.807, 2.05) is 6.07 Å². The highest BCUT2D eigenvalue weighted by molar-refractivity contribution is 5.54.